The summed E-state index contributed by atoms with van der Waals surface area (Å²) in [4.78, 5) is 0. The fourth-order valence-electron chi connectivity index (χ4n) is 0. The third kappa shape index (κ3) is 351. The maximum Gasteiger partial charge on any atom is 0.130 e. The zero-order valence-electron chi connectivity index (χ0n) is 2.89. The van der Waals surface area contributed by atoms with Crippen LogP contribution in [0.5, 0.6) is 0 Å². The lowest BCUT2D eigenvalue weighted by Crippen LogP contribution is -0.961. The SMILES string of the molecule is N#CS.O.O.O. The summed E-state index contributed by atoms with van der Waals surface area (Å²) >= 11 is 3.09. The van der Waals surface area contributed by atoms with E-state index in [4.69, 9.17) is 5.26 Å². The van der Waals surface area contributed by atoms with Crippen LogP contribution in [0.25, 0.3) is 0 Å². The lowest BCUT2D eigenvalue weighted by Gasteiger charge is -1.14. The van der Waals surface area contributed by atoms with E-state index < -0.39 is 0 Å². The summed E-state index contributed by atoms with van der Waals surface area (Å²) in [7, 11) is 0. The Bertz CT molecular complexity index is 32.3. The molecular formula is CH7NO3S. The van der Waals surface area contributed by atoms with Crippen LogP contribution in [-0.4, -0.2) is 16.4 Å². The first-order valence-corrected chi connectivity index (χ1v) is 0.894. The molecule has 0 aromatic carbocycles. The average Bonchev–Trinajstić information content (AvgIpc) is 0.918. The standard InChI is InChI=1S/CHNS.3H2O/c2-1-3;;;/h3H;3*1H2. The van der Waals surface area contributed by atoms with Gasteiger partial charge >= 0.3 is 0 Å². The van der Waals surface area contributed by atoms with Gasteiger partial charge in [0, 0.05) is 0 Å². The van der Waals surface area contributed by atoms with Crippen LogP contribution in [-0.2, 0) is 0 Å². The minimum atomic E-state index is 0. The summed E-state index contributed by atoms with van der Waals surface area (Å²) in [5, 5.41) is 8.63. The highest BCUT2D eigenvalue weighted by atomic mass is 32.1. The quantitative estimate of drug-likeness (QED) is 0.281. The molecule has 0 heterocycles. The minimum Gasteiger partial charge on any atom is -0.412 e. The van der Waals surface area contributed by atoms with Crippen molar-refractivity contribution in [3.63, 3.8) is 0 Å². The van der Waals surface area contributed by atoms with E-state index in [0.29, 0.717) is 0 Å². The predicted molar refractivity (Wildman–Crippen MR) is 25.4 cm³/mol. The third-order valence-electron chi connectivity index (χ3n) is 0. The normalized spacial score (nSPS) is 1.33. The van der Waals surface area contributed by atoms with Gasteiger partial charge in [-0.3, -0.25) is 0 Å². The second-order valence-corrected chi connectivity index (χ2v) is 0.300. The molecule has 0 amide bonds. The first-order valence-electron chi connectivity index (χ1n) is 0.447. The maximum atomic E-state index is 7.18. The van der Waals surface area contributed by atoms with Gasteiger partial charge in [-0.05, 0) is 0 Å². The summed E-state index contributed by atoms with van der Waals surface area (Å²) in [6.45, 7) is 0. The lowest BCUT2D eigenvalue weighted by atomic mass is 11.8. The molecule has 0 bridgehead atoms. The molecule has 0 aromatic rings. The summed E-state index contributed by atoms with van der Waals surface area (Å²) < 4.78 is 0. The molecular weight excluding hydrogens is 106 g/mol. The number of thiocyanates is 1. The van der Waals surface area contributed by atoms with E-state index in [0.717, 1.165) is 0 Å². The van der Waals surface area contributed by atoms with Crippen molar-refractivity contribution in [3.05, 3.63) is 0 Å². The van der Waals surface area contributed by atoms with Crippen LogP contribution < -0.4 is 0 Å². The number of hydrogen-bond donors (Lipinski definition) is 1. The Labute approximate surface area is 40.7 Å². The van der Waals surface area contributed by atoms with Crippen LogP contribution in [0.3, 0.4) is 0 Å². The van der Waals surface area contributed by atoms with Gasteiger partial charge in [-0.1, -0.05) is 12.6 Å². The molecule has 0 aliphatic rings. The van der Waals surface area contributed by atoms with E-state index in [1.165, 1.54) is 5.40 Å². The number of nitrogens with zero attached hydrogens (tertiary/aromatic N) is 1. The molecule has 4 nitrogen and oxygen atoms in total. The smallest absolute Gasteiger partial charge is 0.130 e. The summed E-state index contributed by atoms with van der Waals surface area (Å²) in [6, 6.07) is 0. The third-order valence-corrected chi connectivity index (χ3v) is 0. The second-order valence-electron chi connectivity index (χ2n) is 0.100. The van der Waals surface area contributed by atoms with Crippen LogP contribution in [0.1, 0.15) is 0 Å². The summed E-state index contributed by atoms with van der Waals surface area (Å²) in [5.74, 6) is 0. The van der Waals surface area contributed by atoms with Gasteiger partial charge in [0.25, 0.3) is 0 Å². The molecule has 0 atom stereocenters. The van der Waals surface area contributed by atoms with Gasteiger partial charge in [-0.15, -0.1) is 0 Å². The first-order chi connectivity index (χ1) is 1.41. The zero-order chi connectivity index (χ0) is 2.71. The van der Waals surface area contributed by atoms with E-state index in [2.05, 4.69) is 12.6 Å². The average molecular weight is 113 g/mol. The number of thiol groups is 1. The fourth-order valence-corrected chi connectivity index (χ4v) is 0. The predicted octanol–water partition coefficient (Wildman–Crippen LogP) is -2.08. The van der Waals surface area contributed by atoms with Crippen LogP contribution in [0.4, 0.5) is 0 Å². The van der Waals surface area contributed by atoms with Gasteiger partial charge in [0.15, 0.2) is 0 Å². The molecule has 0 unspecified atom stereocenters. The highest BCUT2D eigenvalue weighted by Crippen LogP contribution is 1.46. The van der Waals surface area contributed by atoms with E-state index in [1.807, 2.05) is 0 Å². The van der Waals surface area contributed by atoms with Crippen molar-refractivity contribution in [3.8, 4) is 5.40 Å². The van der Waals surface area contributed by atoms with Gasteiger partial charge in [-0.2, -0.15) is 5.26 Å². The zero-order valence-corrected chi connectivity index (χ0v) is 3.79. The molecule has 0 aliphatic carbocycles. The molecule has 0 aromatic heterocycles. The fraction of sp³-hybridized carbons (Fsp3) is 0. The van der Waals surface area contributed by atoms with Crippen molar-refractivity contribution in [2.24, 2.45) is 0 Å². The highest BCUT2D eigenvalue weighted by molar-refractivity contribution is 7.85. The van der Waals surface area contributed by atoms with Crippen LogP contribution >= 0.6 is 12.6 Å². The Morgan fingerprint density at radius 2 is 1.17 bits per heavy atom. The van der Waals surface area contributed by atoms with E-state index >= 15 is 0 Å². The Morgan fingerprint density at radius 1 is 1.17 bits per heavy atom. The topological polar surface area (TPSA) is 118 Å². The van der Waals surface area contributed by atoms with Crippen LogP contribution in [0.15, 0.2) is 0 Å². The Kier molecular flexibility index (Phi) is 905. The number of rotatable bonds is 0. The first kappa shape index (κ1) is 43.1. The number of nitriles is 1. The molecule has 0 saturated carbocycles. The Hall–Kier alpha value is -0.280. The molecule has 6 heavy (non-hydrogen) atoms. The molecule has 6 N–H and O–H groups in total. The molecule has 0 fully saturated rings. The largest absolute Gasteiger partial charge is 0.412 e. The van der Waals surface area contributed by atoms with E-state index in [-0.39, 0.29) is 16.4 Å². The van der Waals surface area contributed by atoms with Crippen LogP contribution in [0.2, 0.25) is 0 Å². The molecule has 0 aliphatic heterocycles. The van der Waals surface area contributed by atoms with E-state index in [1.54, 1.807) is 0 Å². The number of hydrogen-bond acceptors (Lipinski definition) is 2. The van der Waals surface area contributed by atoms with Gasteiger partial charge in [-0.25, -0.2) is 0 Å². The van der Waals surface area contributed by atoms with Crippen LogP contribution in [0, 0.1) is 10.7 Å². The van der Waals surface area contributed by atoms with Crippen molar-refractivity contribution < 1.29 is 16.4 Å². The molecule has 0 radical (unpaired) electrons. The van der Waals surface area contributed by atoms with E-state index in [9.17, 15) is 0 Å². The molecule has 40 valence electrons. The van der Waals surface area contributed by atoms with Crippen molar-refractivity contribution in [1.82, 2.24) is 0 Å². The molecule has 0 rings (SSSR count). The molecule has 0 spiro atoms. The Balaban J connectivity index is -0.00000000667. The van der Waals surface area contributed by atoms with Gasteiger partial charge in [0.05, 0.1) is 0 Å². The molecule has 5 heteroatoms. The van der Waals surface area contributed by atoms with Crippen molar-refractivity contribution in [1.29, 1.82) is 5.26 Å². The van der Waals surface area contributed by atoms with Crippen molar-refractivity contribution >= 4 is 12.6 Å². The van der Waals surface area contributed by atoms with Crippen molar-refractivity contribution in [2.75, 3.05) is 0 Å². The minimum absolute atomic E-state index is 0. The highest BCUT2D eigenvalue weighted by Gasteiger charge is 1.18. The summed E-state index contributed by atoms with van der Waals surface area (Å²) in [6.07, 6.45) is 0. The monoisotopic (exact) mass is 113 g/mol. The van der Waals surface area contributed by atoms with Crippen molar-refractivity contribution in [2.45, 2.75) is 0 Å². The lowest BCUT2D eigenvalue weighted by molar-refractivity contribution is 0.823. The maximum absolute atomic E-state index is 7.18. The van der Waals surface area contributed by atoms with Gasteiger partial charge < -0.3 is 16.4 Å². The second kappa shape index (κ2) is 126. The molecule has 0 saturated heterocycles. The van der Waals surface area contributed by atoms with Gasteiger partial charge in [0.1, 0.15) is 5.40 Å². The van der Waals surface area contributed by atoms with Gasteiger partial charge in [0.2, 0.25) is 0 Å². The summed E-state index contributed by atoms with van der Waals surface area (Å²) in [5.41, 5.74) is 0. The Morgan fingerprint density at radius 3 is 1.17 bits per heavy atom.